The summed E-state index contributed by atoms with van der Waals surface area (Å²) in [6.45, 7) is 8.05. The van der Waals surface area contributed by atoms with Crippen molar-refractivity contribution in [2.24, 2.45) is 0 Å². The van der Waals surface area contributed by atoms with Crippen LogP contribution >= 0.6 is 11.3 Å². The molecule has 0 saturated carbocycles. The average molecular weight is 587 g/mol. The second-order valence-corrected chi connectivity index (χ2v) is 11.0. The van der Waals surface area contributed by atoms with Gasteiger partial charge in [-0.2, -0.15) is 0 Å². The third kappa shape index (κ3) is 4.77. The van der Waals surface area contributed by atoms with Crippen LogP contribution in [0.1, 0.15) is 36.6 Å². The number of amides is 1. The normalized spacial score (nSPS) is 19.2. The van der Waals surface area contributed by atoms with E-state index in [9.17, 15) is 19.1 Å². The number of hydrogen-bond donors (Lipinski definition) is 1. The monoisotopic (exact) mass is 586 g/mol. The minimum absolute atomic E-state index is 0.00865. The first kappa shape index (κ1) is 27.5. The smallest absolute Gasteiger partial charge is 0.301 e. The van der Waals surface area contributed by atoms with Gasteiger partial charge in [0.05, 0.1) is 28.4 Å². The number of carbonyl (C=O) groups excluding carboxylic acids is 2. The summed E-state index contributed by atoms with van der Waals surface area (Å²) in [5.74, 6) is -0.905. The number of nitrogens with zero attached hydrogens (tertiary/aromatic N) is 2. The van der Waals surface area contributed by atoms with E-state index < -0.39 is 23.5 Å². The topological polar surface area (TPSA) is 98.2 Å². The third-order valence-corrected chi connectivity index (χ3v) is 8.12. The molecule has 1 fully saturated rings. The zero-order valence-electron chi connectivity index (χ0n) is 22.9. The Labute approximate surface area is 245 Å². The molecule has 6 rings (SSSR count). The van der Waals surface area contributed by atoms with Gasteiger partial charge in [0, 0.05) is 12.0 Å². The van der Waals surface area contributed by atoms with Crippen LogP contribution < -0.4 is 19.1 Å². The SMILES string of the molecule is C=CCOc1ccc([C@@H]2/C(=C(\O)c3ccc4c(c3)C[C@@H](C)O4)C(=O)C(=O)N2c2nc3ccc(F)cc3s2)cc1OCC. The highest BCUT2D eigenvalue weighted by Crippen LogP contribution is 2.46. The molecule has 0 aliphatic carbocycles. The van der Waals surface area contributed by atoms with E-state index in [-0.39, 0.29) is 29.2 Å². The summed E-state index contributed by atoms with van der Waals surface area (Å²) >= 11 is 1.08. The predicted octanol–water partition coefficient (Wildman–Crippen LogP) is 6.35. The fourth-order valence-electron chi connectivity index (χ4n) is 5.29. The number of benzene rings is 3. The predicted molar refractivity (Wildman–Crippen MR) is 158 cm³/mol. The Hall–Kier alpha value is -4.70. The Morgan fingerprint density at radius 1 is 1.17 bits per heavy atom. The molecule has 2 aliphatic rings. The standard InChI is InChI=1S/C32H27FN2O6S/c1-4-12-40-24-11-6-18(15-25(24)39-5-2)28-27(29(36)19-7-10-23-20(14-19)13-17(3)41-23)30(37)31(38)35(28)32-34-22-9-8-21(33)16-26(22)42-32/h4,6-11,14-17,28,36H,1,5,12-13H2,2-3H3/b29-27+/t17-,28-/m1/s1. The number of halogens is 1. The zero-order chi connectivity index (χ0) is 29.5. The molecule has 1 aromatic heterocycles. The average Bonchev–Trinajstić information content (AvgIpc) is 3.63. The van der Waals surface area contributed by atoms with E-state index in [1.165, 1.54) is 23.1 Å². The van der Waals surface area contributed by atoms with Crippen molar-refractivity contribution in [3.8, 4) is 17.2 Å². The van der Waals surface area contributed by atoms with Crippen LogP contribution in [0.4, 0.5) is 9.52 Å². The van der Waals surface area contributed by atoms with Gasteiger partial charge in [-0.25, -0.2) is 9.37 Å². The summed E-state index contributed by atoms with van der Waals surface area (Å²) in [6, 6.07) is 13.3. The zero-order valence-corrected chi connectivity index (χ0v) is 23.7. The maximum absolute atomic E-state index is 14.0. The maximum Gasteiger partial charge on any atom is 0.301 e. The first-order chi connectivity index (χ1) is 20.3. The van der Waals surface area contributed by atoms with Crippen molar-refractivity contribution < 1.29 is 33.3 Å². The lowest BCUT2D eigenvalue weighted by atomic mass is 9.94. The molecule has 1 saturated heterocycles. The number of Topliss-reactive ketones (excluding diaryl/α,β-unsaturated/α-hetero) is 1. The van der Waals surface area contributed by atoms with E-state index >= 15 is 0 Å². The maximum atomic E-state index is 14.0. The molecule has 0 spiro atoms. The van der Waals surface area contributed by atoms with E-state index in [1.54, 1.807) is 42.5 Å². The Balaban J connectivity index is 1.54. The van der Waals surface area contributed by atoms with Gasteiger partial charge in [0.1, 0.15) is 30.0 Å². The minimum Gasteiger partial charge on any atom is -0.507 e. The number of carbonyl (C=O) groups is 2. The van der Waals surface area contributed by atoms with E-state index in [0.29, 0.717) is 51.6 Å². The van der Waals surface area contributed by atoms with E-state index in [1.807, 2.05) is 13.8 Å². The first-order valence-corrected chi connectivity index (χ1v) is 14.3. The lowest BCUT2D eigenvalue weighted by Gasteiger charge is -2.24. The van der Waals surface area contributed by atoms with Gasteiger partial charge >= 0.3 is 5.91 Å². The van der Waals surface area contributed by atoms with Gasteiger partial charge in [0.25, 0.3) is 5.78 Å². The summed E-state index contributed by atoms with van der Waals surface area (Å²) in [5.41, 5.74) is 2.16. The molecule has 1 N–H and O–H groups in total. The van der Waals surface area contributed by atoms with Crippen LogP contribution in [0.3, 0.4) is 0 Å². The van der Waals surface area contributed by atoms with Gasteiger partial charge < -0.3 is 19.3 Å². The second kappa shape index (κ2) is 10.9. The number of aliphatic hydroxyl groups excluding tert-OH is 1. The number of hydrogen-bond acceptors (Lipinski definition) is 8. The summed E-state index contributed by atoms with van der Waals surface area (Å²) in [6.07, 6.45) is 2.25. The number of ketones is 1. The third-order valence-electron chi connectivity index (χ3n) is 7.10. The molecule has 0 radical (unpaired) electrons. The van der Waals surface area contributed by atoms with Gasteiger partial charge in [-0.15, -0.1) is 0 Å². The quantitative estimate of drug-likeness (QED) is 0.111. The Kier molecular flexibility index (Phi) is 7.16. The number of aliphatic hydroxyl groups is 1. The fraction of sp³-hybridized carbons (Fsp3) is 0.219. The molecule has 1 amide bonds. The van der Waals surface area contributed by atoms with Crippen molar-refractivity contribution in [3.63, 3.8) is 0 Å². The van der Waals surface area contributed by atoms with Crippen LogP contribution in [0.25, 0.3) is 16.0 Å². The molecule has 0 bridgehead atoms. The van der Waals surface area contributed by atoms with Crippen LogP contribution in [0.2, 0.25) is 0 Å². The van der Waals surface area contributed by atoms with Gasteiger partial charge in [-0.05, 0) is 73.5 Å². The Morgan fingerprint density at radius 3 is 2.79 bits per heavy atom. The number of anilines is 1. The highest BCUT2D eigenvalue weighted by atomic mass is 32.1. The number of rotatable bonds is 8. The molecule has 10 heteroatoms. The van der Waals surface area contributed by atoms with Crippen molar-refractivity contribution in [1.29, 1.82) is 0 Å². The molecule has 2 atom stereocenters. The Bertz CT molecular complexity index is 1780. The van der Waals surface area contributed by atoms with Crippen molar-refractivity contribution in [3.05, 3.63) is 95.3 Å². The van der Waals surface area contributed by atoms with Crippen molar-refractivity contribution >= 4 is 44.1 Å². The molecule has 4 aromatic rings. The van der Waals surface area contributed by atoms with E-state index in [0.717, 1.165) is 16.9 Å². The van der Waals surface area contributed by atoms with E-state index in [4.69, 9.17) is 14.2 Å². The highest BCUT2D eigenvalue weighted by molar-refractivity contribution is 7.22. The minimum atomic E-state index is -1.05. The first-order valence-electron chi connectivity index (χ1n) is 13.5. The van der Waals surface area contributed by atoms with Crippen molar-refractivity contribution in [2.75, 3.05) is 18.1 Å². The Morgan fingerprint density at radius 2 is 2.00 bits per heavy atom. The van der Waals surface area contributed by atoms with Crippen LogP contribution in [0, 0.1) is 5.82 Å². The van der Waals surface area contributed by atoms with Gasteiger partial charge in [0.2, 0.25) is 0 Å². The van der Waals surface area contributed by atoms with Gasteiger partial charge in [0.15, 0.2) is 16.6 Å². The van der Waals surface area contributed by atoms with Crippen LogP contribution in [-0.2, 0) is 16.0 Å². The molecule has 3 heterocycles. The number of ether oxygens (including phenoxy) is 3. The largest absolute Gasteiger partial charge is 0.507 e. The number of thiazole rings is 1. The lowest BCUT2D eigenvalue weighted by Crippen LogP contribution is -2.29. The molecule has 0 unspecified atom stereocenters. The summed E-state index contributed by atoms with van der Waals surface area (Å²) in [5, 5.41) is 11.8. The molecule has 214 valence electrons. The number of aromatic nitrogens is 1. The highest BCUT2D eigenvalue weighted by Gasteiger charge is 2.48. The van der Waals surface area contributed by atoms with Gasteiger partial charge in [-0.3, -0.25) is 14.5 Å². The summed E-state index contributed by atoms with van der Waals surface area (Å²) in [7, 11) is 0. The molecular formula is C32H27FN2O6S. The molecule has 3 aromatic carbocycles. The van der Waals surface area contributed by atoms with Crippen LogP contribution in [0.15, 0.2) is 72.8 Å². The second-order valence-electron chi connectivity index (χ2n) is 9.97. The lowest BCUT2D eigenvalue weighted by molar-refractivity contribution is -0.132. The van der Waals surface area contributed by atoms with Gasteiger partial charge in [-0.1, -0.05) is 30.1 Å². The summed E-state index contributed by atoms with van der Waals surface area (Å²) < 4.78 is 31.9. The van der Waals surface area contributed by atoms with Crippen LogP contribution in [0.5, 0.6) is 17.2 Å². The molecule has 42 heavy (non-hydrogen) atoms. The molecule has 8 nitrogen and oxygen atoms in total. The molecule has 2 aliphatic heterocycles. The van der Waals surface area contributed by atoms with E-state index in [2.05, 4.69) is 11.6 Å². The fourth-order valence-corrected chi connectivity index (χ4v) is 6.31. The van der Waals surface area contributed by atoms with Crippen LogP contribution in [-0.4, -0.2) is 41.1 Å². The summed E-state index contributed by atoms with van der Waals surface area (Å²) in [4.78, 5) is 33.1. The molecular weight excluding hydrogens is 559 g/mol. The van der Waals surface area contributed by atoms with Crippen molar-refractivity contribution in [1.82, 2.24) is 4.98 Å². The van der Waals surface area contributed by atoms with Crippen molar-refractivity contribution in [2.45, 2.75) is 32.4 Å². The number of fused-ring (bicyclic) bond motifs is 2.